The highest BCUT2D eigenvalue weighted by molar-refractivity contribution is 9.10. The van der Waals surface area contributed by atoms with Gasteiger partial charge in [-0.05, 0) is 34.5 Å². The second kappa shape index (κ2) is 7.43. The van der Waals surface area contributed by atoms with Crippen LogP contribution in [-0.4, -0.2) is 38.7 Å². The highest BCUT2D eigenvalue weighted by Gasteiger charge is 2.12. The Morgan fingerprint density at radius 3 is 2.96 bits per heavy atom. The molecule has 126 valence electrons. The van der Waals surface area contributed by atoms with Crippen molar-refractivity contribution in [1.82, 2.24) is 25.1 Å². The van der Waals surface area contributed by atoms with Crippen LogP contribution < -0.4 is 10.6 Å². The largest absolute Gasteiger partial charge is 0.444 e. The third-order valence-corrected chi connectivity index (χ3v) is 3.81. The molecule has 9 heteroatoms. The SMILES string of the molecule is CCCNc1ncnc2c1cnn2CCNC(=O)c1ccc(Br)o1. The number of halogens is 1. The fraction of sp³-hybridized carbons (Fsp3) is 0.333. The first-order chi connectivity index (χ1) is 11.7. The molecule has 0 aliphatic rings. The average molecular weight is 393 g/mol. The van der Waals surface area contributed by atoms with E-state index in [2.05, 4.69) is 48.6 Å². The highest BCUT2D eigenvalue weighted by atomic mass is 79.9. The molecule has 0 aliphatic carbocycles. The zero-order chi connectivity index (χ0) is 16.9. The van der Waals surface area contributed by atoms with Crippen molar-refractivity contribution < 1.29 is 9.21 Å². The smallest absolute Gasteiger partial charge is 0.287 e. The van der Waals surface area contributed by atoms with Crippen LogP contribution in [0.25, 0.3) is 11.0 Å². The van der Waals surface area contributed by atoms with Gasteiger partial charge in [-0.1, -0.05) is 6.92 Å². The van der Waals surface area contributed by atoms with Gasteiger partial charge in [0.2, 0.25) is 0 Å². The molecule has 3 aromatic heterocycles. The van der Waals surface area contributed by atoms with E-state index in [0.29, 0.717) is 17.8 Å². The quantitative estimate of drug-likeness (QED) is 0.640. The van der Waals surface area contributed by atoms with Gasteiger partial charge in [0.05, 0.1) is 18.1 Å². The summed E-state index contributed by atoms with van der Waals surface area (Å²) in [5.74, 6) is 0.773. The Hall–Kier alpha value is -2.42. The molecule has 0 aromatic carbocycles. The highest BCUT2D eigenvalue weighted by Crippen LogP contribution is 2.18. The lowest BCUT2D eigenvalue weighted by atomic mass is 10.3. The zero-order valence-corrected chi connectivity index (χ0v) is 14.7. The van der Waals surface area contributed by atoms with E-state index in [1.165, 1.54) is 6.33 Å². The van der Waals surface area contributed by atoms with Crippen LogP contribution >= 0.6 is 15.9 Å². The van der Waals surface area contributed by atoms with E-state index in [-0.39, 0.29) is 11.7 Å². The van der Waals surface area contributed by atoms with Gasteiger partial charge in [0.25, 0.3) is 5.91 Å². The van der Waals surface area contributed by atoms with E-state index in [1.807, 2.05) is 0 Å². The molecule has 24 heavy (non-hydrogen) atoms. The van der Waals surface area contributed by atoms with Crippen molar-refractivity contribution in [3.8, 4) is 0 Å². The number of carbonyl (C=O) groups is 1. The van der Waals surface area contributed by atoms with E-state index in [9.17, 15) is 4.79 Å². The van der Waals surface area contributed by atoms with Gasteiger partial charge in [0.15, 0.2) is 16.1 Å². The Balaban J connectivity index is 1.64. The lowest BCUT2D eigenvalue weighted by molar-refractivity contribution is 0.0923. The fourth-order valence-electron chi connectivity index (χ4n) is 2.24. The first kappa shape index (κ1) is 16.4. The van der Waals surface area contributed by atoms with Gasteiger partial charge in [-0.15, -0.1) is 0 Å². The first-order valence-corrected chi connectivity index (χ1v) is 8.42. The van der Waals surface area contributed by atoms with Gasteiger partial charge in [-0.3, -0.25) is 4.79 Å². The van der Waals surface area contributed by atoms with Crippen LogP contribution in [0.4, 0.5) is 5.82 Å². The second-order valence-corrected chi connectivity index (χ2v) is 5.90. The molecule has 2 N–H and O–H groups in total. The maximum Gasteiger partial charge on any atom is 0.287 e. The van der Waals surface area contributed by atoms with Crippen molar-refractivity contribution in [1.29, 1.82) is 0 Å². The maximum absolute atomic E-state index is 11.9. The molecule has 3 heterocycles. The molecule has 0 spiro atoms. The van der Waals surface area contributed by atoms with Crippen molar-refractivity contribution in [2.45, 2.75) is 19.9 Å². The van der Waals surface area contributed by atoms with Crippen LogP contribution in [0.3, 0.4) is 0 Å². The summed E-state index contributed by atoms with van der Waals surface area (Å²) in [5, 5.41) is 11.2. The van der Waals surface area contributed by atoms with Crippen molar-refractivity contribution in [3.63, 3.8) is 0 Å². The molecule has 1 amide bonds. The maximum atomic E-state index is 11.9. The average Bonchev–Trinajstić information content (AvgIpc) is 3.20. The number of hydrogen-bond donors (Lipinski definition) is 2. The lowest BCUT2D eigenvalue weighted by Crippen LogP contribution is -2.27. The van der Waals surface area contributed by atoms with Gasteiger partial charge in [0, 0.05) is 13.1 Å². The van der Waals surface area contributed by atoms with E-state index in [4.69, 9.17) is 4.42 Å². The summed E-state index contributed by atoms with van der Waals surface area (Å²) in [5.41, 5.74) is 0.735. The summed E-state index contributed by atoms with van der Waals surface area (Å²) >= 11 is 3.17. The molecule has 0 radical (unpaired) electrons. The third-order valence-electron chi connectivity index (χ3n) is 3.38. The number of anilines is 1. The van der Waals surface area contributed by atoms with Gasteiger partial charge in [0.1, 0.15) is 12.1 Å². The molecule has 0 aliphatic heterocycles. The molecule has 0 saturated heterocycles. The van der Waals surface area contributed by atoms with E-state index in [0.717, 1.165) is 29.8 Å². The number of nitrogens with zero attached hydrogens (tertiary/aromatic N) is 4. The Morgan fingerprint density at radius 1 is 1.33 bits per heavy atom. The van der Waals surface area contributed by atoms with Gasteiger partial charge in [-0.2, -0.15) is 5.10 Å². The number of furan rings is 1. The normalized spacial score (nSPS) is 10.9. The summed E-state index contributed by atoms with van der Waals surface area (Å²) in [6, 6.07) is 3.29. The first-order valence-electron chi connectivity index (χ1n) is 7.63. The minimum absolute atomic E-state index is 0.264. The monoisotopic (exact) mass is 392 g/mol. The summed E-state index contributed by atoms with van der Waals surface area (Å²) in [6.07, 6.45) is 4.25. The Bertz CT molecular complexity index is 843. The number of hydrogen-bond acceptors (Lipinski definition) is 6. The van der Waals surface area contributed by atoms with Crippen molar-refractivity contribution >= 4 is 38.7 Å². The van der Waals surface area contributed by atoms with Crippen molar-refractivity contribution in [3.05, 3.63) is 35.1 Å². The number of nitrogens with one attached hydrogen (secondary N) is 2. The second-order valence-electron chi connectivity index (χ2n) is 5.11. The van der Waals surface area contributed by atoms with Gasteiger partial charge >= 0.3 is 0 Å². The minimum Gasteiger partial charge on any atom is -0.444 e. The molecule has 0 atom stereocenters. The fourth-order valence-corrected chi connectivity index (χ4v) is 2.55. The van der Waals surface area contributed by atoms with Crippen LogP contribution in [0.15, 0.2) is 33.7 Å². The minimum atomic E-state index is -0.267. The molecular weight excluding hydrogens is 376 g/mol. The standard InChI is InChI=1S/C15H17BrN6O2/c1-2-5-17-13-10-8-21-22(14(10)20-9-19-13)7-6-18-15(23)11-3-4-12(16)24-11/h3-4,8-9H,2,5-7H2,1H3,(H,18,23)(H,17,19,20). The van der Waals surface area contributed by atoms with Gasteiger partial charge < -0.3 is 15.1 Å². The Labute approximate surface area is 146 Å². The number of carbonyl (C=O) groups excluding carboxylic acids is 1. The molecular formula is C15H17BrN6O2. The lowest BCUT2D eigenvalue weighted by Gasteiger charge is -2.06. The zero-order valence-electron chi connectivity index (χ0n) is 13.1. The molecule has 3 aromatic rings. The molecule has 0 fully saturated rings. The third kappa shape index (κ3) is 3.56. The number of fused-ring (bicyclic) bond motifs is 1. The summed E-state index contributed by atoms with van der Waals surface area (Å²) in [4.78, 5) is 20.5. The summed E-state index contributed by atoms with van der Waals surface area (Å²) in [6.45, 7) is 3.85. The molecule has 0 saturated carbocycles. The van der Waals surface area contributed by atoms with Crippen LogP contribution in [-0.2, 0) is 6.54 Å². The van der Waals surface area contributed by atoms with Crippen molar-refractivity contribution in [2.24, 2.45) is 0 Å². The Kier molecular flexibility index (Phi) is 5.09. The number of rotatable bonds is 7. The number of amides is 1. The molecule has 0 bridgehead atoms. The summed E-state index contributed by atoms with van der Waals surface area (Å²) in [7, 11) is 0. The van der Waals surface area contributed by atoms with E-state index < -0.39 is 0 Å². The van der Waals surface area contributed by atoms with E-state index >= 15 is 0 Å². The Morgan fingerprint density at radius 2 is 2.21 bits per heavy atom. The van der Waals surface area contributed by atoms with E-state index in [1.54, 1.807) is 23.0 Å². The molecule has 8 nitrogen and oxygen atoms in total. The number of aromatic nitrogens is 4. The molecule has 3 rings (SSSR count). The van der Waals surface area contributed by atoms with Crippen LogP contribution in [0.2, 0.25) is 0 Å². The summed E-state index contributed by atoms with van der Waals surface area (Å²) < 4.78 is 7.48. The predicted octanol–water partition coefficient (Wildman–Crippen LogP) is 2.43. The van der Waals surface area contributed by atoms with Crippen LogP contribution in [0.5, 0.6) is 0 Å². The van der Waals surface area contributed by atoms with Gasteiger partial charge in [-0.25, -0.2) is 14.6 Å². The topological polar surface area (TPSA) is 97.9 Å². The van der Waals surface area contributed by atoms with Crippen LogP contribution in [0.1, 0.15) is 23.9 Å². The van der Waals surface area contributed by atoms with Crippen LogP contribution in [0, 0.1) is 0 Å². The predicted molar refractivity (Wildman–Crippen MR) is 92.8 cm³/mol. The van der Waals surface area contributed by atoms with Crippen molar-refractivity contribution in [2.75, 3.05) is 18.4 Å². The molecule has 0 unspecified atom stereocenters.